The molecule has 2 aromatic heterocycles. The van der Waals surface area contributed by atoms with Crippen molar-refractivity contribution in [3.8, 4) is 11.5 Å². The summed E-state index contributed by atoms with van der Waals surface area (Å²) in [4.78, 5) is 4.74. The molecule has 5 rings (SSSR count). The first-order valence-corrected chi connectivity index (χ1v) is 9.53. The molecule has 3 aromatic rings. The number of aromatic nitrogens is 2. The molecule has 1 aromatic carbocycles. The third kappa shape index (κ3) is 2.80. The number of ether oxygens (including phenoxy) is 2. The number of nitrogens with zero attached hydrogens (tertiary/aromatic N) is 2. The number of hydrogen-bond donors (Lipinski definition) is 2. The number of fused-ring (bicyclic) bond motifs is 4. The van der Waals surface area contributed by atoms with Crippen molar-refractivity contribution < 1.29 is 9.47 Å². The molecule has 2 aliphatic rings. The summed E-state index contributed by atoms with van der Waals surface area (Å²) in [5.74, 6) is 1.59. The van der Waals surface area contributed by atoms with E-state index in [2.05, 4.69) is 28.3 Å². The summed E-state index contributed by atoms with van der Waals surface area (Å²) < 4.78 is 13.5. The summed E-state index contributed by atoms with van der Waals surface area (Å²) in [7, 11) is 4.18. The Hall–Kier alpha value is -2.73. The fourth-order valence-electron chi connectivity index (χ4n) is 4.24. The Morgan fingerprint density at radius 2 is 1.96 bits per heavy atom. The van der Waals surface area contributed by atoms with Crippen LogP contribution in [-0.2, 0) is 19.9 Å². The summed E-state index contributed by atoms with van der Waals surface area (Å²) in [5.41, 5.74) is 5.86. The number of pyridine rings is 1. The van der Waals surface area contributed by atoms with Gasteiger partial charge >= 0.3 is 0 Å². The van der Waals surface area contributed by atoms with Gasteiger partial charge in [0.1, 0.15) is 18.9 Å². The van der Waals surface area contributed by atoms with Gasteiger partial charge in [-0.25, -0.2) is 4.98 Å². The molecule has 27 heavy (non-hydrogen) atoms. The maximum atomic E-state index is 5.68. The highest BCUT2D eigenvalue weighted by atomic mass is 16.6. The first-order valence-electron chi connectivity index (χ1n) is 9.53. The third-order valence-electron chi connectivity index (χ3n) is 5.68. The zero-order valence-electron chi connectivity index (χ0n) is 15.7. The Morgan fingerprint density at radius 1 is 1.11 bits per heavy atom. The van der Waals surface area contributed by atoms with Gasteiger partial charge in [0, 0.05) is 35.9 Å². The van der Waals surface area contributed by atoms with Crippen molar-refractivity contribution in [3.05, 3.63) is 41.7 Å². The average molecular weight is 364 g/mol. The number of rotatable bonds is 3. The lowest BCUT2D eigenvalue weighted by Crippen LogP contribution is -2.31. The second-order valence-electron chi connectivity index (χ2n) is 7.29. The molecule has 0 amide bonds. The lowest BCUT2D eigenvalue weighted by molar-refractivity contribution is 0.171. The van der Waals surface area contributed by atoms with E-state index >= 15 is 0 Å². The highest BCUT2D eigenvalue weighted by Gasteiger charge is 2.24. The van der Waals surface area contributed by atoms with Crippen LogP contribution in [0.5, 0.6) is 11.5 Å². The van der Waals surface area contributed by atoms with Gasteiger partial charge in [-0.15, -0.1) is 0 Å². The summed E-state index contributed by atoms with van der Waals surface area (Å²) in [6, 6.07) is 8.70. The van der Waals surface area contributed by atoms with Crippen molar-refractivity contribution in [3.63, 3.8) is 0 Å². The van der Waals surface area contributed by atoms with Gasteiger partial charge in [-0.3, -0.25) is 0 Å². The largest absolute Gasteiger partial charge is 0.486 e. The highest BCUT2D eigenvalue weighted by Crippen LogP contribution is 2.35. The Kier molecular flexibility index (Phi) is 3.93. The van der Waals surface area contributed by atoms with Crippen LogP contribution in [0.25, 0.3) is 11.0 Å². The predicted molar refractivity (Wildman–Crippen MR) is 106 cm³/mol. The maximum Gasteiger partial charge on any atom is 0.163 e. The predicted octanol–water partition coefficient (Wildman–Crippen LogP) is 3.16. The third-order valence-corrected chi connectivity index (χ3v) is 5.68. The van der Waals surface area contributed by atoms with E-state index in [-0.39, 0.29) is 0 Å². The van der Waals surface area contributed by atoms with E-state index in [4.69, 9.17) is 14.5 Å². The Labute approximate surface area is 158 Å². The van der Waals surface area contributed by atoms with Crippen molar-refractivity contribution in [2.24, 2.45) is 7.05 Å². The maximum absolute atomic E-state index is 5.68. The minimum atomic E-state index is 0.539. The number of hydrogen-bond acceptors (Lipinski definition) is 5. The summed E-state index contributed by atoms with van der Waals surface area (Å²) in [6.07, 6.45) is 5.23. The molecule has 0 bridgehead atoms. The lowest BCUT2D eigenvalue weighted by atomic mass is 9.92. The van der Waals surface area contributed by atoms with E-state index in [1.54, 1.807) is 0 Å². The molecular weight excluding hydrogens is 340 g/mol. The molecule has 1 aliphatic heterocycles. The van der Waals surface area contributed by atoms with Gasteiger partial charge in [0.2, 0.25) is 0 Å². The van der Waals surface area contributed by atoms with Crippen molar-refractivity contribution >= 4 is 22.4 Å². The molecule has 140 valence electrons. The Bertz CT molecular complexity index is 1010. The number of aryl methyl sites for hydroxylation is 1. The van der Waals surface area contributed by atoms with Gasteiger partial charge in [0.25, 0.3) is 0 Å². The van der Waals surface area contributed by atoms with Gasteiger partial charge in [-0.1, -0.05) is 0 Å². The molecule has 0 fully saturated rings. The van der Waals surface area contributed by atoms with E-state index in [0.717, 1.165) is 41.4 Å². The first kappa shape index (κ1) is 16.4. The smallest absolute Gasteiger partial charge is 0.163 e. The molecule has 0 radical (unpaired) electrons. The fourth-order valence-corrected chi connectivity index (χ4v) is 4.24. The molecule has 0 saturated heterocycles. The molecule has 6 heteroatoms. The van der Waals surface area contributed by atoms with Crippen molar-refractivity contribution in [1.82, 2.24) is 14.9 Å². The zero-order valence-corrected chi connectivity index (χ0v) is 15.7. The fraction of sp³-hybridized carbons (Fsp3) is 0.381. The molecule has 2 N–H and O–H groups in total. The summed E-state index contributed by atoms with van der Waals surface area (Å²) >= 11 is 0. The number of benzene rings is 1. The minimum Gasteiger partial charge on any atom is -0.486 e. The molecule has 6 nitrogen and oxygen atoms in total. The molecule has 0 saturated carbocycles. The van der Waals surface area contributed by atoms with Crippen LogP contribution in [0.1, 0.15) is 17.7 Å². The van der Waals surface area contributed by atoms with Crippen LogP contribution in [0.15, 0.2) is 30.5 Å². The zero-order chi connectivity index (χ0) is 18.4. The minimum absolute atomic E-state index is 0.539. The van der Waals surface area contributed by atoms with Crippen LogP contribution in [0.4, 0.5) is 11.4 Å². The van der Waals surface area contributed by atoms with Crippen LogP contribution in [0.2, 0.25) is 0 Å². The van der Waals surface area contributed by atoms with Gasteiger partial charge < -0.3 is 24.7 Å². The van der Waals surface area contributed by atoms with E-state index in [0.29, 0.717) is 19.3 Å². The number of nitrogens with one attached hydrogen (secondary N) is 2. The number of likely N-dealkylation sites (N-methyl/N-ethyl adjacent to an activating group) is 1. The quantitative estimate of drug-likeness (QED) is 0.748. The molecular formula is C21H24N4O2. The topological polar surface area (TPSA) is 60.3 Å². The van der Waals surface area contributed by atoms with Crippen molar-refractivity contribution in [2.75, 3.05) is 25.6 Å². The van der Waals surface area contributed by atoms with E-state index < -0.39 is 0 Å². The Morgan fingerprint density at radius 3 is 2.81 bits per heavy atom. The van der Waals surface area contributed by atoms with E-state index in [9.17, 15) is 0 Å². The van der Waals surface area contributed by atoms with E-state index in [1.807, 2.05) is 31.4 Å². The van der Waals surface area contributed by atoms with Crippen LogP contribution in [0, 0.1) is 0 Å². The monoisotopic (exact) mass is 364 g/mol. The normalized spacial score (nSPS) is 18.4. The van der Waals surface area contributed by atoms with Crippen molar-refractivity contribution in [1.29, 1.82) is 0 Å². The summed E-state index contributed by atoms with van der Waals surface area (Å²) in [6.45, 7) is 1.19. The van der Waals surface area contributed by atoms with Gasteiger partial charge in [-0.2, -0.15) is 0 Å². The molecule has 3 heterocycles. The van der Waals surface area contributed by atoms with Crippen molar-refractivity contribution in [2.45, 2.75) is 25.3 Å². The van der Waals surface area contributed by atoms with E-state index in [1.165, 1.54) is 23.1 Å². The second-order valence-corrected chi connectivity index (χ2v) is 7.29. The Balaban J connectivity index is 1.50. The standard InChI is InChI=1S/C21H24N4O2/c1-22-13-3-5-18-16(9-13)17-10-15(12-23-21(17)25(18)2)24-14-4-6-19-20(11-14)27-8-7-26-19/h4,6,10-13,22,24H,3,5,7-9H2,1-2H3. The van der Waals surface area contributed by atoms with Crippen LogP contribution in [-0.4, -0.2) is 35.9 Å². The number of anilines is 2. The lowest BCUT2D eigenvalue weighted by Gasteiger charge is -2.22. The SMILES string of the molecule is CNC1CCc2c(c3cc(Nc4ccc5c(c4)OCCO5)cnc3n2C)C1. The molecule has 1 unspecified atom stereocenters. The summed E-state index contributed by atoms with van der Waals surface area (Å²) in [5, 5.41) is 8.14. The highest BCUT2D eigenvalue weighted by molar-refractivity contribution is 5.86. The van der Waals surface area contributed by atoms with Gasteiger partial charge in [-0.05, 0) is 50.1 Å². The molecule has 0 spiro atoms. The first-order chi connectivity index (χ1) is 13.2. The van der Waals surface area contributed by atoms with Gasteiger partial charge in [0.05, 0.1) is 11.9 Å². The van der Waals surface area contributed by atoms with Crippen LogP contribution >= 0.6 is 0 Å². The van der Waals surface area contributed by atoms with Crippen LogP contribution < -0.4 is 20.1 Å². The molecule has 1 atom stereocenters. The van der Waals surface area contributed by atoms with Crippen LogP contribution in [0.3, 0.4) is 0 Å². The van der Waals surface area contributed by atoms with Gasteiger partial charge in [0.15, 0.2) is 11.5 Å². The second kappa shape index (κ2) is 6.46. The average Bonchev–Trinajstić information content (AvgIpc) is 2.99. The molecule has 1 aliphatic carbocycles.